The van der Waals surface area contributed by atoms with Gasteiger partial charge in [-0.3, -0.25) is 0 Å². The molecule has 0 aromatic heterocycles. The fourth-order valence-electron chi connectivity index (χ4n) is 2.70. The molecular formula is C13H22O2. The molecule has 1 aliphatic carbocycles. The first kappa shape index (κ1) is 12.3. The molecule has 1 fully saturated rings. The summed E-state index contributed by atoms with van der Waals surface area (Å²) in [6.07, 6.45) is 6.90. The van der Waals surface area contributed by atoms with Gasteiger partial charge in [-0.25, -0.2) is 4.79 Å². The Morgan fingerprint density at radius 3 is 2.60 bits per heavy atom. The van der Waals surface area contributed by atoms with Crippen LogP contribution in [-0.2, 0) is 4.79 Å². The molecule has 2 heteroatoms. The Hall–Kier alpha value is -0.790. The van der Waals surface area contributed by atoms with Crippen molar-refractivity contribution < 1.29 is 9.90 Å². The second-order valence-electron chi connectivity index (χ2n) is 5.19. The normalized spacial score (nSPS) is 32.4. The van der Waals surface area contributed by atoms with E-state index in [1.54, 1.807) is 0 Å². The van der Waals surface area contributed by atoms with Crippen LogP contribution in [0.25, 0.3) is 0 Å². The first-order valence-corrected chi connectivity index (χ1v) is 5.91. The minimum absolute atomic E-state index is 0.463. The number of aliphatic carboxylic acids is 1. The van der Waals surface area contributed by atoms with Crippen molar-refractivity contribution in [2.24, 2.45) is 23.7 Å². The molecule has 1 N–H and O–H groups in total. The minimum atomic E-state index is -0.823. The molecule has 3 unspecified atom stereocenters. The maximum Gasteiger partial charge on any atom is 0.327 e. The van der Waals surface area contributed by atoms with E-state index in [1.807, 2.05) is 6.08 Å². The molecule has 0 bridgehead atoms. The number of rotatable bonds is 3. The lowest BCUT2D eigenvalue weighted by molar-refractivity contribution is -0.131. The van der Waals surface area contributed by atoms with E-state index in [4.69, 9.17) is 5.11 Å². The molecule has 0 radical (unpaired) electrons. The zero-order valence-electron chi connectivity index (χ0n) is 9.94. The van der Waals surface area contributed by atoms with Crippen LogP contribution in [0.3, 0.4) is 0 Å². The molecule has 0 heterocycles. The highest BCUT2D eigenvalue weighted by Gasteiger charge is 2.28. The number of carboxylic acid groups (broad SMARTS) is 1. The van der Waals surface area contributed by atoms with Gasteiger partial charge < -0.3 is 5.11 Å². The molecule has 0 amide bonds. The maximum atomic E-state index is 10.5. The zero-order valence-corrected chi connectivity index (χ0v) is 9.94. The largest absolute Gasteiger partial charge is 0.478 e. The quantitative estimate of drug-likeness (QED) is 0.725. The smallest absolute Gasteiger partial charge is 0.327 e. The average Bonchev–Trinajstić information content (AvgIpc) is 2.14. The van der Waals surface area contributed by atoms with Gasteiger partial charge in [0.05, 0.1) is 0 Å². The lowest BCUT2D eigenvalue weighted by Crippen LogP contribution is -2.26. The van der Waals surface area contributed by atoms with Crippen LogP contribution in [0.1, 0.15) is 40.0 Å². The summed E-state index contributed by atoms with van der Waals surface area (Å²) in [5, 5.41) is 8.65. The second-order valence-corrected chi connectivity index (χ2v) is 5.19. The number of hydrogen-bond acceptors (Lipinski definition) is 1. The third kappa shape index (κ3) is 3.69. The minimum Gasteiger partial charge on any atom is -0.478 e. The summed E-state index contributed by atoms with van der Waals surface area (Å²) in [5.41, 5.74) is 0. The molecule has 0 aromatic carbocycles. The SMILES string of the molecule is CC1CCC(C(C)C)C(/C=C/C(=O)O)C1. The van der Waals surface area contributed by atoms with E-state index in [0.29, 0.717) is 17.8 Å². The average molecular weight is 210 g/mol. The summed E-state index contributed by atoms with van der Waals surface area (Å²) < 4.78 is 0. The van der Waals surface area contributed by atoms with Crippen molar-refractivity contribution in [3.8, 4) is 0 Å². The van der Waals surface area contributed by atoms with Crippen LogP contribution in [0.15, 0.2) is 12.2 Å². The van der Waals surface area contributed by atoms with Crippen molar-refractivity contribution in [1.29, 1.82) is 0 Å². The second kappa shape index (κ2) is 5.34. The Balaban J connectivity index is 2.66. The summed E-state index contributed by atoms with van der Waals surface area (Å²) in [4.78, 5) is 10.5. The highest BCUT2D eigenvalue weighted by atomic mass is 16.4. The topological polar surface area (TPSA) is 37.3 Å². The Morgan fingerprint density at radius 2 is 2.07 bits per heavy atom. The fraction of sp³-hybridized carbons (Fsp3) is 0.769. The molecule has 86 valence electrons. The van der Waals surface area contributed by atoms with Gasteiger partial charge in [0.2, 0.25) is 0 Å². The van der Waals surface area contributed by atoms with Gasteiger partial charge in [-0.15, -0.1) is 0 Å². The van der Waals surface area contributed by atoms with E-state index in [1.165, 1.54) is 18.9 Å². The van der Waals surface area contributed by atoms with Crippen molar-refractivity contribution in [2.75, 3.05) is 0 Å². The van der Waals surface area contributed by atoms with Gasteiger partial charge in [-0.1, -0.05) is 33.3 Å². The van der Waals surface area contributed by atoms with E-state index >= 15 is 0 Å². The number of allylic oxidation sites excluding steroid dienone is 1. The van der Waals surface area contributed by atoms with Crippen molar-refractivity contribution >= 4 is 5.97 Å². The first-order valence-electron chi connectivity index (χ1n) is 5.91. The summed E-state index contributed by atoms with van der Waals surface area (Å²) in [5.74, 6) is 1.70. The van der Waals surface area contributed by atoms with E-state index < -0.39 is 5.97 Å². The Labute approximate surface area is 92.4 Å². The molecule has 0 aromatic rings. The lowest BCUT2D eigenvalue weighted by Gasteiger charge is -2.35. The Kier molecular flexibility index (Phi) is 4.37. The van der Waals surface area contributed by atoms with Crippen LogP contribution in [0, 0.1) is 23.7 Å². The molecule has 0 saturated heterocycles. The van der Waals surface area contributed by atoms with E-state index in [0.717, 1.165) is 12.3 Å². The van der Waals surface area contributed by atoms with Gasteiger partial charge in [0, 0.05) is 6.08 Å². The van der Waals surface area contributed by atoms with Crippen LogP contribution < -0.4 is 0 Å². The molecule has 0 spiro atoms. The van der Waals surface area contributed by atoms with Crippen LogP contribution in [0.2, 0.25) is 0 Å². The monoisotopic (exact) mass is 210 g/mol. The van der Waals surface area contributed by atoms with Crippen molar-refractivity contribution in [2.45, 2.75) is 40.0 Å². The van der Waals surface area contributed by atoms with E-state index in [2.05, 4.69) is 20.8 Å². The third-order valence-corrected chi connectivity index (χ3v) is 3.56. The molecule has 1 aliphatic rings. The van der Waals surface area contributed by atoms with Crippen molar-refractivity contribution in [3.63, 3.8) is 0 Å². The van der Waals surface area contributed by atoms with Gasteiger partial charge in [0.25, 0.3) is 0 Å². The molecule has 2 nitrogen and oxygen atoms in total. The highest BCUT2D eigenvalue weighted by Crippen LogP contribution is 2.38. The maximum absolute atomic E-state index is 10.5. The third-order valence-electron chi connectivity index (χ3n) is 3.56. The summed E-state index contributed by atoms with van der Waals surface area (Å²) in [6.45, 7) is 6.74. The molecule has 1 rings (SSSR count). The van der Waals surface area contributed by atoms with Crippen LogP contribution >= 0.6 is 0 Å². The molecular weight excluding hydrogens is 188 g/mol. The van der Waals surface area contributed by atoms with Gasteiger partial charge in [-0.2, -0.15) is 0 Å². The van der Waals surface area contributed by atoms with Gasteiger partial charge in [-0.05, 0) is 36.5 Å². The summed E-state index contributed by atoms with van der Waals surface area (Å²) >= 11 is 0. The summed E-state index contributed by atoms with van der Waals surface area (Å²) in [7, 11) is 0. The van der Waals surface area contributed by atoms with E-state index in [-0.39, 0.29) is 0 Å². The van der Waals surface area contributed by atoms with Gasteiger partial charge in [0.1, 0.15) is 0 Å². The van der Waals surface area contributed by atoms with Crippen LogP contribution in [0.4, 0.5) is 0 Å². The standard InChI is InChI=1S/C13H22O2/c1-9(2)12-6-4-10(3)8-11(12)5-7-13(14)15/h5,7,9-12H,4,6,8H2,1-3H3,(H,14,15)/b7-5+. The van der Waals surface area contributed by atoms with Crippen LogP contribution in [0.5, 0.6) is 0 Å². The van der Waals surface area contributed by atoms with Gasteiger partial charge >= 0.3 is 5.97 Å². The lowest BCUT2D eigenvalue weighted by atomic mass is 9.70. The summed E-state index contributed by atoms with van der Waals surface area (Å²) in [6, 6.07) is 0. The molecule has 3 atom stereocenters. The first-order chi connectivity index (χ1) is 7.00. The van der Waals surface area contributed by atoms with Crippen LogP contribution in [-0.4, -0.2) is 11.1 Å². The van der Waals surface area contributed by atoms with Crippen molar-refractivity contribution in [1.82, 2.24) is 0 Å². The predicted octanol–water partition coefficient (Wildman–Crippen LogP) is 3.34. The number of carboxylic acids is 1. The van der Waals surface area contributed by atoms with E-state index in [9.17, 15) is 4.79 Å². The fourth-order valence-corrected chi connectivity index (χ4v) is 2.70. The van der Waals surface area contributed by atoms with Crippen molar-refractivity contribution in [3.05, 3.63) is 12.2 Å². The number of hydrogen-bond donors (Lipinski definition) is 1. The number of carbonyl (C=O) groups is 1. The highest BCUT2D eigenvalue weighted by molar-refractivity contribution is 5.79. The molecule has 15 heavy (non-hydrogen) atoms. The predicted molar refractivity (Wildman–Crippen MR) is 61.6 cm³/mol. The molecule has 1 saturated carbocycles. The molecule has 0 aliphatic heterocycles. The zero-order chi connectivity index (χ0) is 11.4. The Morgan fingerprint density at radius 1 is 1.40 bits per heavy atom. The Bertz CT molecular complexity index is 243. The van der Waals surface area contributed by atoms with Gasteiger partial charge in [0.15, 0.2) is 0 Å².